The number of aliphatic carboxylic acids is 1. The molecule has 0 bridgehead atoms. The Balaban J connectivity index is 3.53. The lowest BCUT2D eigenvalue weighted by molar-refractivity contribution is -0.193. The van der Waals surface area contributed by atoms with Crippen molar-refractivity contribution in [2.45, 2.75) is 18.6 Å². The van der Waals surface area contributed by atoms with Crippen LogP contribution in [0.1, 0.15) is 6.92 Å². The molecule has 1 rings (SSSR count). The average molecular weight is 323 g/mol. The van der Waals surface area contributed by atoms with Gasteiger partial charge in [-0.2, -0.15) is 13.2 Å². The number of carbonyl (C=O) groups is 1. The van der Waals surface area contributed by atoms with Gasteiger partial charge in [0, 0.05) is 0 Å². The molecular formula is C10H5F8NO2. The molecule has 0 saturated heterocycles. The molecule has 1 atom stereocenters. The van der Waals surface area contributed by atoms with Crippen molar-refractivity contribution in [3.63, 3.8) is 0 Å². The van der Waals surface area contributed by atoms with Gasteiger partial charge in [0.2, 0.25) is 11.4 Å². The fourth-order valence-electron chi connectivity index (χ4n) is 1.21. The van der Waals surface area contributed by atoms with E-state index < -0.39 is 52.5 Å². The molecule has 0 aliphatic heterocycles. The number of halogens is 8. The van der Waals surface area contributed by atoms with Crippen LogP contribution >= 0.6 is 0 Å². The molecule has 0 aromatic heterocycles. The summed E-state index contributed by atoms with van der Waals surface area (Å²) in [7, 11) is 0. The predicted octanol–water partition coefficient (Wildman–Crippen LogP) is 3.20. The van der Waals surface area contributed by atoms with Crippen LogP contribution in [0, 0.1) is 29.1 Å². The van der Waals surface area contributed by atoms with E-state index in [-0.39, 0.29) is 6.92 Å². The highest BCUT2D eigenvalue weighted by Gasteiger charge is 2.58. The topological polar surface area (TPSA) is 49.3 Å². The van der Waals surface area contributed by atoms with Gasteiger partial charge < -0.3 is 10.4 Å². The number of carboxylic acids is 1. The zero-order chi connectivity index (χ0) is 16.7. The Kier molecular flexibility index (Phi) is 4.08. The summed E-state index contributed by atoms with van der Waals surface area (Å²) < 4.78 is 103. The molecule has 1 aromatic rings. The quantitative estimate of drug-likeness (QED) is 0.510. The molecule has 2 N–H and O–H groups in total. The average Bonchev–Trinajstić information content (AvgIpc) is 2.37. The van der Waals surface area contributed by atoms with Crippen LogP contribution in [0.5, 0.6) is 0 Å². The van der Waals surface area contributed by atoms with Gasteiger partial charge in [0.05, 0.1) is 0 Å². The molecular weight excluding hydrogens is 318 g/mol. The van der Waals surface area contributed by atoms with E-state index in [0.29, 0.717) is 0 Å². The van der Waals surface area contributed by atoms with E-state index in [1.165, 1.54) is 0 Å². The first-order chi connectivity index (χ1) is 9.34. The van der Waals surface area contributed by atoms with Crippen LogP contribution in [0.3, 0.4) is 0 Å². The van der Waals surface area contributed by atoms with Crippen molar-refractivity contribution in [3.05, 3.63) is 29.1 Å². The Morgan fingerprint density at radius 2 is 1.24 bits per heavy atom. The van der Waals surface area contributed by atoms with Crippen molar-refractivity contribution in [1.82, 2.24) is 0 Å². The zero-order valence-corrected chi connectivity index (χ0v) is 9.88. The summed E-state index contributed by atoms with van der Waals surface area (Å²) >= 11 is 0. The van der Waals surface area contributed by atoms with E-state index in [0.717, 1.165) is 5.32 Å². The molecule has 0 fully saturated rings. The van der Waals surface area contributed by atoms with E-state index in [2.05, 4.69) is 0 Å². The minimum Gasteiger partial charge on any atom is -0.479 e. The van der Waals surface area contributed by atoms with Gasteiger partial charge in [-0.25, -0.2) is 26.7 Å². The molecule has 11 heteroatoms. The van der Waals surface area contributed by atoms with Gasteiger partial charge in [0.1, 0.15) is 5.69 Å². The molecule has 0 spiro atoms. The van der Waals surface area contributed by atoms with E-state index in [4.69, 9.17) is 5.11 Å². The van der Waals surface area contributed by atoms with Gasteiger partial charge in [0.15, 0.2) is 23.3 Å². The normalized spacial score (nSPS) is 14.7. The predicted molar refractivity (Wildman–Crippen MR) is 52.0 cm³/mol. The van der Waals surface area contributed by atoms with E-state index >= 15 is 0 Å². The number of rotatable bonds is 3. The van der Waals surface area contributed by atoms with Gasteiger partial charge in [-0.1, -0.05) is 0 Å². The van der Waals surface area contributed by atoms with Crippen LogP contribution in [-0.2, 0) is 4.79 Å². The lowest BCUT2D eigenvalue weighted by Crippen LogP contribution is -2.56. The SMILES string of the molecule is CC(Nc1c(F)c(F)c(F)c(F)c1F)(C(=O)O)C(F)(F)F. The minimum absolute atomic E-state index is 0.0343. The van der Waals surface area contributed by atoms with Crippen molar-refractivity contribution < 1.29 is 45.0 Å². The van der Waals surface area contributed by atoms with Gasteiger partial charge in [0.25, 0.3) is 0 Å². The highest BCUT2D eigenvalue weighted by Crippen LogP contribution is 2.36. The van der Waals surface area contributed by atoms with E-state index in [1.807, 2.05) is 0 Å². The Labute approximate surface area is 111 Å². The van der Waals surface area contributed by atoms with Crippen LogP contribution < -0.4 is 5.32 Å². The summed E-state index contributed by atoms with van der Waals surface area (Å²) in [6.07, 6.45) is -5.58. The molecule has 0 heterocycles. The third-order valence-electron chi connectivity index (χ3n) is 2.58. The first kappa shape index (κ1) is 17.0. The largest absolute Gasteiger partial charge is 0.479 e. The van der Waals surface area contributed by atoms with Gasteiger partial charge in [-0.3, -0.25) is 0 Å². The Bertz CT molecular complexity index is 571. The van der Waals surface area contributed by atoms with Crippen molar-refractivity contribution in [2.75, 3.05) is 5.32 Å². The molecule has 0 amide bonds. The second-order valence-electron chi connectivity index (χ2n) is 4.00. The fourth-order valence-corrected chi connectivity index (χ4v) is 1.21. The molecule has 1 unspecified atom stereocenters. The maximum atomic E-state index is 13.2. The van der Waals surface area contributed by atoms with Crippen LogP contribution in [-0.4, -0.2) is 22.8 Å². The van der Waals surface area contributed by atoms with Gasteiger partial charge in [-0.05, 0) is 6.92 Å². The number of anilines is 1. The van der Waals surface area contributed by atoms with Crippen LogP contribution in [0.25, 0.3) is 0 Å². The number of hydrogen-bond donors (Lipinski definition) is 2. The summed E-state index contributed by atoms with van der Waals surface area (Å²) in [5.74, 6) is -15.4. The minimum atomic E-state index is -5.58. The van der Waals surface area contributed by atoms with Gasteiger partial charge >= 0.3 is 12.1 Å². The second-order valence-corrected chi connectivity index (χ2v) is 4.00. The van der Waals surface area contributed by atoms with Crippen molar-refractivity contribution >= 4 is 11.7 Å². The number of hydrogen-bond acceptors (Lipinski definition) is 2. The molecule has 21 heavy (non-hydrogen) atoms. The Morgan fingerprint density at radius 1 is 0.905 bits per heavy atom. The summed E-state index contributed by atoms with van der Waals surface area (Å²) in [5.41, 5.74) is -6.06. The van der Waals surface area contributed by atoms with Crippen LogP contribution in [0.2, 0.25) is 0 Å². The molecule has 3 nitrogen and oxygen atoms in total. The molecule has 0 aliphatic rings. The third kappa shape index (κ3) is 2.59. The summed E-state index contributed by atoms with van der Waals surface area (Å²) in [5, 5.41) is 9.33. The Morgan fingerprint density at radius 3 is 1.52 bits per heavy atom. The lowest BCUT2D eigenvalue weighted by atomic mass is 10.0. The second kappa shape index (κ2) is 5.04. The van der Waals surface area contributed by atoms with Crippen molar-refractivity contribution in [3.8, 4) is 0 Å². The number of nitrogens with one attached hydrogen (secondary N) is 1. The summed E-state index contributed by atoms with van der Waals surface area (Å²) in [4.78, 5) is 10.6. The molecule has 0 saturated carbocycles. The molecule has 118 valence electrons. The maximum Gasteiger partial charge on any atom is 0.422 e. The summed E-state index contributed by atoms with van der Waals surface area (Å²) in [6.45, 7) is -0.0343. The van der Waals surface area contributed by atoms with Gasteiger partial charge in [-0.15, -0.1) is 0 Å². The lowest BCUT2D eigenvalue weighted by Gasteiger charge is -2.29. The standard InChI is InChI=1S/C10H5F8NO2/c1-9(8(20)21,10(16,17)18)19-7-5(14)3(12)2(11)4(13)6(7)15/h19H,1H3,(H,20,21). The van der Waals surface area contributed by atoms with Crippen molar-refractivity contribution in [1.29, 1.82) is 0 Å². The smallest absolute Gasteiger partial charge is 0.422 e. The summed E-state index contributed by atoms with van der Waals surface area (Å²) in [6, 6.07) is 0. The van der Waals surface area contributed by atoms with Crippen molar-refractivity contribution in [2.24, 2.45) is 0 Å². The van der Waals surface area contributed by atoms with E-state index in [9.17, 15) is 39.9 Å². The zero-order valence-electron chi connectivity index (χ0n) is 9.88. The van der Waals surface area contributed by atoms with E-state index in [1.54, 1.807) is 0 Å². The number of carboxylic acid groups (broad SMARTS) is 1. The van der Waals surface area contributed by atoms with Crippen LogP contribution in [0.15, 0.2) is 0 Å². The highest BCUT2D eigenvalue weighted by atomic mass is 19.4. The molecule has 1 aromatic carbocycles. The maximum absolute atomic E-state index is 13.2. The number of alkyl halides is 3. The number of benzene rings is 1. The monoisotopic (exact) mass is 323 g/mol. The first-order valence-corrected chi connectivity index (χ1v) is 4.94. The Hall–Kier alpha value is -2.07. The fraction of sp³-hybridized carbons (Fsp3) is 0.300. The first-order valence-electron chi connectivity index (χ1n) is 4.94. The molecule has 0 radical (unpaired) electrons. The van der Waals surface area contributed by atoms with Crippen LogP contribution in [0.4, 0.5) is 40.8 Å². The highest BCUT2D eigenvalue weighted by molar-refractivity contribution is 5.83. The molecule has 0 aliphatic carbocycles. The third-order valence-corrected chi connectivity index (χ3v) is 2.58.